The van der Waals surface area contributed by atoms with E-state index in [1.54, 1.807) is 7.11 Å². The summed E-state index contributed by atoms with van der Waals surface area (Å²) in [5.74, 6) is 2.58. The number of hydrogen-bond acceptors (Lipinski definition) is 3. The minimum atomic E-state index is 0.601. The fraction of sp³-hybridized carbons (Fsp3) is 0.647. The molecule has 0 spiro atoms. The lowest BCUT2D eigenvalue weighted by atomic mass is 9.75. The van der Waals surface area contributed by atoms with Crippen LogP contribution >= 0.6 is 0 Å². The number of nitrogens with zero attached hydrogens (tertiary/aromatic N) is 2. The number of benzene rings is 1. The zero-order valence-corrected chi connectivity index (χ0v) is 12.5. The number of rotatable bonds is 2. The van der Waals surface area contributed by atoms with Crippen molar-refractivity contribution in [2.45, 2.75) is 30.8 Å². The van der Waals surface area contributed by atoms with Crippen molar-refractivity contribution in [1.82, 2.24) is 9.80 Å². The van der Waals surface area contributed by atoms with Crippen molar-refractivity contribution in [2.75, 3.05) is 33.8 Å². The summed E-state index contributed by atoms with van der Waals surface area (Å²) in [6.45, 7) is 3.76. The maximum atomic E-state index is 5.62. The van der Waals surface area contributed by atoms with Gasteiger partial charge >= 0.3 is 0 Å². The highest BCUT2D eigenvalue weighted by Gasteiger charge is 2.52. The van der Waals surface area contributed by atoms with E-state index in [9.17, 15) is 0 Å². The van der Waals surface area contributed by atoms with Crippen molar-refractivity contribution in [3.63, 3.8) is 0 Å². The Morgan fingerprint density at radius 3 is 2.60 bits per heavy atom. The van der Waals surface area contributed by atoms with Crippen molar-refractivity contribution in [1.29, 1.82) is 0 Å². The van der Waals surface area contributed by atoms with Gasteiger partial charge in [-0.25, -0.2) is 0 Å². The molecule has 0 aliphatic carbocycles. The van der Waals surface area contributed by atoms with Crippen LogP contribution in [0, 0.1) is 5.92 Å². The predicted octanol–water partition coefficient (Wildman–Crippen LogP) is 2.19. The molecule has 1 aromatic rings. The van der Waals surface area contributed by atoms with Crippen LogP contribution in [-0.2, 0) is 0 Å². The molecule has 0 amide bonds. The van der Waals surface area contributed by atoms with Gasteiger partial charge in [0.05, 0.1) is 7.11 Å². The lowest BCUT2D eigenvalue weighted by Crippen LogP contribution is -2.59. The van der Waals surface area contributed by atoms with Crippen molar-refractivity contribution >= 4 is 0 Å². The van der Waals surface area contributed by atoms with E-state index in [4.69, 9.17) is 4.74 Å². The highest BCUT2D eigenvalue weighted by Crippen LogP contribution is 2.47. The second-order valence-electron chi connectivity index (χ2n) is 6.64. The zero-order valence-electron chi connectivity index (χ0n) is 12.5. The van der Waals surface area contributed by atoms with Crippen LogP contribution in [0.5, 0.6) is 5.75 Å². The van der Waals surface area contributed by atoms with Crippen LogP contribution in [-0.4, -0.2) is 55.7 Å². The van der Waals surface area contributed by atoms with E-state index in [0.717, 1.165) is 17.7 Å². The first-order chi connectivity index (χ1) is 9.79. The normalized spacial score (nSPS) is 39.8. The third-order valence-corrected chi connectivity index (χ3v) is 5.77. The number of hydrogen-bond donors (Lipinski definition) is 0. The number of likely N-dealkylation sites (N-methyl/N-ethyl adjacent to an activating group) is 1. The highest BCUT2D eigenvalue weighted by atomic mass is 16.5. The predicted molar refractivity (Wildman–Crippen MR) is 80.2 cm³/mol. The summed E-state index contributed by atoms with van der Waals surface area (Å²) in [7, 11) is 4.11. The largest absolute Gasteiger partial charge is 0.496 e. The molecule has 4 saturated heterocycles. The van der Waals surface area contributed by atoms with Gasteiger partial charge in [-0.1, -0.05) is 18.2 Å². The molecule has 5 rings (SSSR count). The number of piperidine rings is 3. The summed E-state index contributed by atoms with van der Waals surface area (Å²) in [4.78, 5) is 5.35. The average molecular weight is 272 g/mol. The molecule has 4 aliphatic heterocycles. The van der Waals surface area contributed by atoms with E-state index >= 15 is 0 Å². The van der Waals surface area contributed by atoms with Crippen LogP contribution in [0.15, 0.2) is 24.3 Å². The fourth-order valence-electron chi connectivity index (χ4n) is 4.96. The van der Waals surface area contributed by atoms with Crippen molar-refractivity contribution in [3.05, 3.63) is 29.8 Å². The van der Waals surface area contributed by atoms with Crippen molar-refractivity contribution < 1.29 is 4.74 Å². The standard InChI is InChI=1S/C17H24N2O/c1-18-11-14(13-5-3-4-6-15(13)20-2)17-16(18)12-7-9-19(17)10-8-12/h3-6,12,14,16-17H,7-11H2,1-2H3/t14-,16+,17+/m0/s1. The molecule has 0 saturated carbocycles. The first-order valence-corrected chi connectivity index (χ1v) is 7.87. The average Bonchev–Trinajstić information content (AvgIpc) is 2.88. The van der Waals surface area contributed by atoms with Crippen LogP contribution < -0.4 is 4.74 Å². The van der Waals surface area contributed by atoms with E-state index in [-0.39, 0.29) is 0 Å². The third-order valence-electron chi connectivity index (χ3n) is 5.77. The van der Waals surface area contributed by atoms with Gasteiger partial charge in [0.25, 0.3) is 0 Å². The summed E-state index contributed by atoms with van der Waals surface area (Å²) in [5, 5.41) is 0. The van der Waals surface area contributed by atoms with Crippen LogP contribution in [0.2, 0.25) is 0 Å². The Hall–Kier alpha value is -1.06. The number of fused-ring (bicyclic) bond motifs is 2. The maximum Gasteiger partial charge on any atom is 0.122 e. The fourth-order valence-corrected chi connectivity index (χ4v) is 4.96. The molecule has 0 aromatic heterocycles. The summed E-state index contributed by atoms with van der Waals surface area (Å²) in [5.41, 5.74) is 1.40. The first kappa shape index (κ1) is 12.7. The molecule has 0 radical (unpaired) electrons. The Labute approximate surface area is 121 Å². The summed E-state index contributed by atoms with van der Waals surface area (Å²) in [6.07, 6.45) is 2.79. The van der Waals surface area contributed by atoms with Gasteiger partial charge < -0.3 is 9.64 Å². The van der Waals surface area contributed by atoms with E-state index in [1.807, 2.05) is 0 Å². The number of likely N-dealkylation sites (tertiary alicyclic amines) is 1. The molecule has 20 heavy (non-hydrogen) atoms. The minimum Gasteiger partial charge on any atom is -0.496 e. The number of para-hydroxylation sites is 1. The quantitative estimate of drug-likeness (QED) is 0.821. The topological polar surface area (TPSA) is 15.7 Å². The number of methoxy groups -OCH3 is 1. The molecule has 0 N–H and O–H groups in total. The van der Waals surface area contributed by atoms with Gasteiger partial charge in [0.1, 0.15) is 5.75 Å². The lowest BCUT2D eigenvalue weighted by molar-refractivity contribution is 0.0000736. The Bertz CT molecular complexity index is 496. The third kappa shape index (κ3) is 1.73. The van der Waals surface area contributed by atoms with E-state index in [1.165, 1.54) is 38.0 Å². The van der Waals surface area contributed by atoms with Gasteiger partial charge in [0.15, 0.2) is 0 Å². The number of ether oxygens (including phenoxy) is 1. The van der Waals surface area contributed by atoms with Gasteiger partial charge in [0, 0.05) is 30.1 Å². The molecular formula is C17H24N2O. The molecule has 3 nitrogen and oxygen atoms in total. The molecule has 4 heterocycles. The van der Waals surface area contributed by atoms with Crippen LogP contribution in [0.1, 0.15) is 24.3 Å². The summed E-state index contributed by atoms with van der Waals surface area (Å²) >= 11 is 0. The SMILES string of the molecule is COc1ccccc1[C@@H]1CN(C)[C@@H]2C3CCN(CC3)[C@@H]21. The highest BCUT2D eigenvalue weighted by molar-refractivity contribution is 5.39. The van der Waals surface area contributed by atoms with Gasteiger partial charge in [-0.05, 0) is 45.0 Å². The molecule has 2 bridgehead atoms. The van der Waals surface area contributed by atoms with E-state index in [2.05, 4.69) is 41.1 Å². The van der Waals surface area contributed by atoms with Crippen LogP contribution in [0.4, 0.5) is 0 Å². The maximum absolute atomic E-state index is 5.62. The summed E-state index contributed by atoms with van der Waals surface area (Å²) < 4.78 is 5.62. The van der Waals surface area contributed by atoms with Gasteiger partial charge in [-0.3, -0.25) is 4.90 Å². The Kier molecular flexibility index (Phi) is 3.00. The molecule has 1 aromatic carbocycles. The van der Waals surface area contributed by atoms with Crippen molar-refractivity contribution in [2.24, 2.45) is 5.92 Å². The second-order valence-corrected chi connectivity index (χ2v) is 6.64. The van der Waals surface area contributed by atoms with Crippen LogP contribution in [0.25, 0.3) is 0 Å². The molecule has 3 heteroatoms. The second kappa shape index (κ2) is 4.74. The summed E-state index contributed by atoms with van der Waals surface area (Å²) in [6, 6.07) is 10.1. The Morgan fingerprint density at radius 2 is 1.85 bits per heavy atom. The smallest absolute Gasteiger partial charge is 0.122 e. The van der Waals surface area contributed by atoms with Crippen molar-refractivity contribution in [3.8, 4) is 5.75 Å². The minimum absolute atomic E-state index is 0.601. The van der Waals surface area contributed by atoms with Crippen LogP contribution in [0.3, 0.4) is 0 Å². The molecule has 4 aliphatic rings. The Balaban J connectivity index is 1.72. The molecule has 108 valence electrons. The zero-order chi connectivity index (χ0) is 13.7. The van der Waals surface area contributed by atoms with Gasteiger partial charge in [0.2, 0.25) is 0 Å². The lowest BCUT2D eigenvalue weighted by Gasteiger charge is -2.51. The molecule has 4 fully saturated rings. The Morgan fingerprint density at radius 1 is 1.10 bits per heavy atom. The van der Waals surface area contributed by atoms with Gasteiger partial charge in [-0.2, -0.15) is 0 Å². The van der Waals surface area contributed by atoms with E-state index < -0.39 is 0 Å². The molecule has 3 atom stereocenters. The monoisotopic (exact) mass is 272 g/mol. The van der Waals surface area contributed by atoms with E-state index in [0.29, 0.717) is 12.0 Å². The first-order valence-electron chi connectivity index (χ1n) is 7.87. The van der Waals surface area contributed by atoms with Gasteiger partial charge in [-0.15, -0.1) is 0 Å². The molecule has 0 unspecified atom stereocenters. The molecular weight excluding hydrogens is 248 g/mol.